The Morgan fingerprint density at radius 1 is 0.756 bits per heavy atom. The van der Waals surface area contributed by atoms with Crippen LogP contribution in [-0.2, 0) is 15.0 Å². The van der Waals surface area contributed by atoms with Gasteiger partial charge in [-0.15, -0.1) is 0 Å². The van der Waals surface area contributed by atoms with Crippen LogP contribution in [0.25, 0.3) is 28.5 Å². The Labute approximate surface area is 486 Å². The number of carbonyl (C=O) groups is 5. The zero-order chi connectivity index (χ0) is 58.8. The van der Waals surface area contributed by atoms with Gasteiger partial charge in [-0.1, -0.05) is 152 Å². The van der Waals surface area contributed by atoms with Crippen LogP contribution < -0.4 is 30.7 Å². The number of rotatable bonds is 18. The molecule has 6 N–H and O–H groups in total. The molecule has 0 bridgehead atoms. The second-order valence-electron chi connectivity index (χ2n) is 20.4. The largest absolute Gasteiger partial charge is 0.505 e. The molecule has 5 amide bonds. The Hall–Kier alpha value is -8.93. The zero-order valence-corrected chi connectivity index (χ0v) is 48.4. The van der Waals surface area contributed by atoms with E-state index in [0.29, 0.717) is 63.7 Å². The molecule has 0 spiro atoms. The fourth-order valence-electron chi connectivity index (χ4n) is 9.10. The standard InChI is InChI=1S/C45H48ClN7O5.C18H17ClN2O3/c1-6-8-26-52(27-9-7-2)45(56)58-43-39(34-22-16-17-23-35(34)47-41(54)31(5)57-36-25-24-29(3)28-30(36)4)48-44(50-43)53-40(49-42(55)33-20-14-11-15-21-33)37(46)38(51-53)32-18-12-10-13-19-32;1-9-5-4-6-10(7-9)16(23)20-12-8-11(19)14-13(15(12)22)18(2,3)17(24)21-14/h10-25,28,31H,6-9,26-27H2,1-5H3,(H,47,54)(H,48,50)(H,49,55);4-8,22H,1-3H3,(H,20,23)(H,21,24). The molecule has 82 heavy (non-hydrogen) atoms. The molecule has 1 aliphatic heterocycles. The van der Waals surface area contributed by atoms with Crippen LogP contribution in [0, 0.1) is 20.8 Å². The first-order valence-corrected chi connectivity index (χ1v) is 27.7. The van der Waals surface area contributed by atoms with E-state index < -0.39 is 29.4 Å². The number of phenolic OH excluding ortho intramolecular Hbond substituents is 1. The first-order valence-electron chi connectivity index (χ1n) is 27.0. The van der Waals surface area contributed by atoms with Crippen molar-refractivity contribution in [2.75, 3.05) is 34.4 Å². The number of para-hydroxylation sites is 1. The van der Waals surface area contributed by atoms with Gasteiger partial charge in [0.25, 0.3) is 23.6 Å². The predicted octanol–water partition coefficient (Wildman–Crippen LogP) is 14.1. The third kappa shape index (κ3) is 13.4. The van der Waals surface area contributed by atoms with Gasteiger partial charge in [-0.2, -0.15) is 14.8 Å². The quantitative estimate of drug-likeness (QED) is 0.0446. The molecule has 0 aliphatic carbocycles. The lowest BCUT2D eigenvalue weighted by Crippen LogP contribution is -2.35. The Bertz CT molecular complexity index is 3650. The third-order valence-electron chi connectivity index (χ3n) is 13.7. The Kier molecular flexibility index (Phi) is 18.9. The van der Waals surface area contributed by atoms with E-state index in [0.717, 1.165) is 42.4 Å². The molecule has 1 atom stereocenters. The van der Waals surface area contributed by atoms with Gasteiger partial charge in [-0.25, -0.2) is 4.79 Å². The number of H-pyrrole nitrogens is 1. The van der Waals surface area contributed by atoms with E-state index in [-0.39, 0.29) is 56.6 Å². The van der Waals surface area contributed by atoms with Crippen molar-refractivity contribution in [1.29, 1.82) is 0 Å². The number of unbranched alkanes of at least 4 members (excludes halogenated alkanes) is 2. The summed E-state index contributed by atoms with van der Waals surface area (Å²) >= 11 is 13.2. The fraction of sp³-hybridized carbons (Fsp3) is 0.254. The third-order valence-corrected chi connectivity index (χ3v) is 14.3. The van der Waals surface area contributed by atoms with E-state index in [4.69, 9.17) is 42.8 Å². The molecule has 424 valence electrons. The number of aromatic amines is 1. The van der Waals surface area contributed by atoms with Gasteiger partial charge in [0.15, 0.2) is 11.9 Å². The minimum absolute atomic E-state index is 0.0625. The normalized spacial score (nSPS) is 12.5. The number of hydrogen-bond donors (Lipinski definition) is 6. The summed E-state index contributed by atoms with van der Waals surface area (Å²) < 4.78 is 13.6. The fourth-order valence-corrected chi connectivity index (χ4v) is 9.63. The molecular weight excluding hydrogens is 1080 g/mol. The van der Waals surface area contributed by atoms with Crippen molar-refractivity contribution < 1.29 is 38.6 Å². The number of fused-ring (bicyclic) bond motifs is 1. The molecule has 0 saturated heterocycles. The van der Waals surface area contributed by atoms with Crippen LogP contribution in [0.3, 0.4) is 0 Å². The topological polar surface area (TPSA) is 222 Å². The monoisotopic (exact) mass is 1150 g/mol. The number of benzene rings is 6. The highest BCUT2D eigenvalue weighted by Gasteiger charge is 2.43. The maximum Gasteiger partial charge on any atom is 0.416 e. The first-order chi connectivity index (χ1) is 39.3. The Morgan fingerprint density at radius 2 is 1.39 bits per heavy atom. The Balaban J connectivity index is 0.000000304. The maximum absolute atomic E-state index is 13.9. The van der Waals surface area contributed by atoms with E-state index in [9.17, 15) is 29.1 Å². The van der Waals surface area contributed by atoms with Crippen LogP contribution in [0.4, 0.5) is 27.7 Å². The number of imidazole rings is 1. The molecule has 9 rings (SSSR count). The van der Waals surface area contributed by atoms with E-state index in [1.165, 1.54) is 10.7 Å². The predicted molar refractivity (Wildman–Crippen MR) is 322 cm³/mol. The summed E-state index contributed by atoms with van der Waals surface area (Å²) in [5.74, 6) is -0.816. The lowest BCUT2D eigenvalue weighted by Gasteiger charge is -2.21. The van der Waals surface area contributed by atoms with E-state index in [1.54, 1.807) is 92.4 Å². The van der Waals surface area contributed by atoms with Crippen molar-refractivity contribution in [2.45, 2.75) is 92.6 Å². The zero-order valence-electron chi connectivity index (χ0n) is 46.9. The molecule has 1 aliphatic rings. The van der Waals surface area contributed by atoms with Crippen molar-refractivity contribution in [1.82, 2.24) is 24.6 Å². The highest BCUT2D eigenvalue weighted by Crippen LogP contribution is 2.50. The average Bonchev–Trinajstić information content (AvgIpc) is 2.75. The van der Waals surface area contributed by atoms with E-state index >= 15 is 0 Å². The summed E-state index contributed by atoms with van der Waals surface area (Å²) in [4.78, 5) is 75.4. The number of aromatic hydroxyl groups is 1. The number of phenols is 1. The summed E-state index contributed by atoms with van der Waals surface area (Å²) in [5, 5.41) is 27.1. The molecule has 0 radical (unpaired) electrons. The maximum atomic E-state index is 13.9. The average molecular weight is 1150 g/mol. The van der Waals surface area contributed by atoms with Gasteiger partial charge in [-0.3, -0.25) is 19.2 Å². The van der Waals surface area contributed by atoms with Gasteiger partial charge in [0, 0.05) is 40.9 Å². The number of anilines is 4. The molecule has 2 aromatic heterocycles. The summed E-state index contributed by atoms with van der Waals surface area (Å²) in [5.41, 5.74) is 6.09. The van der Waals surface area contributed by atoms with Gasteiger partial charge in [0.2, 0.25) is 11.9 Å². The van der Waals surface area contributed by atoms with Gasteiger partial charge >= 0.3 is 6.09 Å². The molecule has 0 saturated carbocycles. The van der Waals surface area contributed by atoms with Crippen molar-refractivity contribution in [3.8, 4) is 45.8 Å². The van der Waals surface area contributed by atoms with Crippen LogP contribution >= 0.6 is 23.2 Å². The molecule has 1 unspecified atom stereocenters. The molecular formula is C63H65Cl2N9O8. The number of ether oxygens (including phenoxy) is 2. The number of amides is 5. The van der Waals surface area contributed by atoms with Gasteiger partial charge in [0.1, 0.15) is 27.9 Å². The van der Waals surface area contributed by atoms with Crippen molar-refractivity contribution in [3.63, 3.8) is 0 Å². The number of carbonyl (C=O) groups excluding carboxylic acids is 5. The molecule has 0 fully saturated rings. The number of nitrogens with one attached hydrogen (secondary N) is 5. The molecule has 17 nitrogen and oxygen atoms in total. The minimum atomic E-state index is -0.937. The number of aromatic nitrogens is 4. The van der Waals surface area contributed by atoms with Crippen molar-refractivity contribution in [2.24, 2.45) is 0 Å². The summed E-state index contributed by atoms with van der Waals surface area (Å²) in [6.45, 7) is 16.0. The van der Waals surface area contributed by atoms with Crippen LogP contribution in [0.15, 0.2) is 133 Å². The van der Waals surface area contributed by atoms with Crippen LogP contribution in [0.1, 0.15) is 103 Å². The molecule has 19 heteroatoms. The highest BCUT2D eigenvalue weighted by molar-refractivity contribution is 6.36. The van der Waals surface area contributed by atoms with Crippen LogP contribution in [0.5, 0.6) is 17.4 Å². The number of nitrogens with zero attached hydrogens (tertiary/aromatic N) is 4. The molecule has 6 aromatic carbocycles. The summed E-state index contributed by atoms with van der Waals surface area (Å²) in [6, 6.07) is 39.4. The lowest BCUT2D eigenvalue weighted by atomic mass is 9.85. The van der Waals surface area contributed by atoms with Crippen LogP contribution in [-0.4, -0.2) is 78.7 Å². The number of aryl methyl sites for hydroxylation is 3. The Morgan fingerprint density at radius 3 is 2.06 bits per heavy atom. The van der Waals surface area contributed by atoms with Gasteiger partial charge in [0.05, 0.1) is 27.5 Å². The van der Waals surface area contributed by atoms with Crippen molar-refractivity contribution >= 4 is 75.8 Å². The second-order valence-corrected chi connectivity index (χ2v) is 21.2. The summed E-state index contributed by atoms with van der Waals surface area (Å²) in [6.07, 6.45) is 1.97. The smallest absolute Gasteiger partial charge is 0.416 e. The second kappa shape index (κ2) is 26.1. The molecule has 3 heterocycles. The highest BCUT2D eigenvalue weighted by atomic mass is 35.5. The lowest BCUT2D eigenvalue weighted by molar-refractivity contribution is -0.122. The summed E-state index contributed by atoms with van der Waals surface area (Å²) in [7, 11) is 0. The minimum Gasteiger partial charge on any atom is -0.505 e. The van der Waals surface area contributed by atoms with E-state index in [1.807, 2.05) is 81.4 Å². The van der Waals surface area contributed by atoms with Crippen molar-refractivity contribution in [3.05, 3.63) is 177 Å². The van der Waals surface area contributed by atoms with Gasteiger partial charge < -0.3 is 45.7 Å². The SMILES string of the molecule is CCCCN(CCCC)C(=O)Oc1nc(-n2nc(-c3ccccc3)c(Cl)c2NC(=O)c2ccccc2)[nH]c1-c1ccccc1NC(=O)C(C)Oc1ccc(C)cc1C.Cc1cccc(C(=O)Nc2cc(Cl)c3c(c2O)C(C)(C)C(=O)N3)c1. The first kappa shape index (κ1) is 59.2. The molecule has 8 aromatic rings. The van der Waals surface area contributed by atoms with Gasteiger partial charge in [-0.05, 0) is 102 Å². The number of hydrogen-bond acceptors (Lipinski definition) is 10. The number of halogens is 2. The van der Waals surface area contributed by atoms with E-state index in [2.05, 4.69) is 40.1 Å². The van der Waals surface area contributed by atoms with Crippen LogP contribution in [0.2, 0.25) is 10.0 Å².